The summed E-state index contributed by atoms with van der Waals surface area (Å²) in [5.74, 6) is -0.173. The van der Waals surface area contributed by atoms with Gasteiger partial charge in [0.25, 0.3) is 5.91 Å². The highest BCUT2D eigenvalue weighted by Gasteiger charge is 2.72. The summed E-state index contributed by atoms with van der Waals surface area (Å²) in [5.41, 5.74) is -0.888. The molecule has 2 amide bonds. The predicted molar refractivity (Wildman–Crippen MR) is 101 cm³/mol. The number of carbonyl (C=O) groups excluding carboxylic acids is 2. The quantitative estimate of drug-likeness (QED) is 0.712. The average Bonchev–Trinajstić information content (AvgIpc) is 2.65. The van der Waals surface area contributed by atoms with E-state index in [1.165, 1.54) is 31.6 Å². The van der Waals surface area contributed by atoms with Crippen LogP contribution in [0.5, 0.6) is 11.5 Å². The van der Waals surface area contributed by atoms with Crippen molar-refractivity contribution in [1.82, 2.24) is 15.3 Å². The van der Waals surface area contributed by atoms with Crippen LogP contribution >= 0.6 is 11.6 Å². The molecule has 5 rings (SSSR count). The van der Waals surface area contributed by atoms with Crippen LogP contribution < -0.4 is 20.1 Å². The van der Waals surface area contributed by atoms with Gasteiger partial charge in [-0.1, -0.05) is 11.6 Å². The van der Waals surface area contributed by atoms with E-state index in [1.807, 2.05) is 0 Å². The first-order valence-corrected chi connectivity index (χ1v) is 9.27. The maximum absolute atomic E-state index is 13.4. The Bertz CT molecular complexity index is 949. The van der Waals surface area contributed by atoms with Gasteiger partial charge < -0.3 is 14.8 Å². The van der Waals surface area contributed by atoms with Crippen molar-refractivity contribution >= 4 is 29.4 Å². The number of ether oxygens (including phenoxy) is 2. The van der Waals surface area contributed by atoms with Crippen LogP contribution in [0.3, 0.4) is 0 Å². The first-order chi connectivity index (χ1) is 13.8. The molecule has 2 N–H and O–H groups in total. The number of carbonyl (C=O) groups is 2. The van der Waals surface area contributed by atoms with Crippen LogP contribution in [0.25, 0.3) is 0 Å². The van der Waals surface area contributed by atoms with Crippen LogP contribution in [0.1, 0.15) is 19.3 Å². The number of nitrogens with zero attached hydrogens (tertiary/aromatic N) is 2. The maximum atomic E-state index is 13.4. The van der Waals surface area contributed by atoms with E-state index in [9.17, 15) is 14.0 Å². The molecular formula is C19H18ClFN4O4. The van der Waals surface area contributed by atoms with Crippen LogP contribution in [-0.4, -0.2) is 41.0 Å². The van der Waals surface area contributed by atoms with E-state index in [2.05, 4.69) is 20.6 Å². The summed E-state index contributed by atoms with van der Waals surface area (Å²) in [6, 6.07) is 3.97. The number of methoxy groups -OCH3 is 1. The van der Waals surface area contributed by atoms with E-state index in [-0.39, 0.29) is 40.7 Å². The predicted octanol–water partition coefficient (Wildman–Crippen LogP) is 2.33. The van der Waals surface area contributed by atoms with E-state index in [4.69, 9.17) is 21.1 Å². The molecule has 1 aromatic carbocycles. The number of halogens is 2. The Hall–Kier alpha value is -2.94. The van der Waals surface area contributed by atoms with E-state index in [0.717, 1.165) is 6.07 Å². The first kappa shape index (κ1) is 19.4. The third kappa shape index (κ3) is 3.69. The summed E-state index contributed by atoms with van der Waals surface area (Å²) >= 11 is 5.61. The van der Waals surface area contributed by atoms with Gasteiger partial charge in [0.15, 0.2) is 12.4 Å². The van der Waals surface area contributed by atoms with Gasteiger partial charge in [0, 0.05) is 11.6 Å². The van der Waals surface area contributed by atoms with Gasteiger partial charge in [-0.2, -0.15) is 0 Å². The molecular weight excluding hydrogens is 403 g/mol. The summed E-state index contributed by atoms with van der Waals surface area (Å²) < 4.78 is 23.7. The number of nitrogens with one attached hydrogen (secondary N) is 2. The van der Waals surface area contributed by atoms with E-state index < -0.39 is 11.2 Å². The van der Waals surface area contributed by atoms with Crippen molar-refractivity contribution in [3.05, 3.63) is 41.4 Å². The van der Waals surface area contributed by atoms with Gasteiger partial charge >= 0.3 is 0 Å². The van der Waals surface area contributed by atoms with Gasteiger partial charge in [0.05, 0.1) is 29.9 Å². The summed E-state index contributed by atoms with van der Waals surface area (Å²) in [4.78, 5) is 32.7. The van der Waals surface area contributed by atoms with Crippen molar-refractivity contribution in [2.45, 2.75) is 24.8 Å². The molecule has 0 saturated heterocycles. The maximum Gasteiger partial charge on any atom is 0.258 e. The van der Waals surface area contributed by atoms with Crippen LogP contribution in [0.4, 0.5) is 10.3 Å². The van der Waals surface area contributed by atoms with E-state index in [1.54, 1.807) is 0 Å². The third-order valence-electron chi connectivity index (χ3n) is 5.27. The van der Waals surface area contributed by atoms with Crippen LogP contribution in [0.2, 0.25) is 5.02 Å². The number of aromatic nitrogens is 2. The second kappa shape index (κ2) is 7.14. The molecule has 152 valence electrons. The zero-order valence-electron chi connectivity index (χ0n) is 15.5. The minimum atomic E-state index is -0.613. The number of hydrogen-bond donors (Lipinski definition) is 2. The molecule has 0 atom stereocenters. The highest BCUT2D eigenvalue weighted by atomic mass is 35.5. The highest BCUT2D eigenvalue weighted by Crippen LogP contribution is 2.67. The van der Waals surface area contributed by atoms with Crippen LogP contribution in [0.15, 0.2) is 30.6 Å². The summed E-state index contributed by atoms with van der Waals surface area (Å²) in [5, 5.41) is 5.59. The molecule has 3 aliphatic carbocycles. The second-order valence-electron chi connectivity index (χ2n) is 7.40. The Morgan fingerprint density at radius 1 is 1.21 bits per heavy atom. The minimum Gasteiger partial charge on any atom is -0.494 e. The SMILES string of the molecule is COc1cnc(NC(=O)C23CC(NC(=O)COc4ccc(Cl)c(F)c4)(C2)C3)nc1. The fourth-order valence-electron chi connectivity index (χ4n) is 3.93. The zero-order valence-corrected chi connectivity index (χ0v) is 16.3. The van der Waals surface area contributed by atoms with Gasteiger partial charge in [-0.15, -0.1) is 0 Å². The Morgan fingerprint density at radius 3 is 2.52 bits per heavy atom. The molecule has 0 spiro atoms. The number of anilines is 1. The first-order valence-electron chi connectivity index (χ1n) is 8.90. The Morgan fingerprint density at radius 2 is 1.90 bits per heavy atom. The Labute approximate surface area is 170 Å². The molecule has 0 aliphatic heterocycles. The molecule has 3 fully saturated rings. The van der Waals surface area contributed by atoms with Gasteiger partial charge in [0.1, 0.15) is 11.6 Å². The fourth-order valence-corrected chi connectivity index (χ4v) is 4.05. The molecule has 10 heteroatoms. The fraction of sp³-hybridized carbons (Fsp3) is 0.368. The van der Waals surface area contributed by atoms with Crippen molar-refractivity contribution in [3.8, 4) is 11.5 Å². The van der Waals surface area contributed by atoms with Gasteiger partial charge in [-0.25, -0.2) is 14.4 Å². The molecule has 8 nitrogen and oxygen atoms in total. The van der Waals surface area contributed by atoms with Crippen LogP contribution in [-0.2, 0) is 9.59 Å². The number of amides is 2. The highest BCUT2D eigenvalue weighted by molar-refractivity contribution is 6.30. The van der Waals surface area contributed by atoms with Crippen LogP contribution in [0, 0.1) is 11.2 Å². The average molecular weight is 421 g/mol. The molecule has 0 unspecified atom stereocenters. The summed E-state index contributed by atoms with van der Waals surface area (Å²) in [7, 11) is 1.51. The van der Waals surface area contributed by atoms with Gasteiger partial charge in [0.2, 0.25) is 11.9 Å². The number of rotatable bonds is 7. The van der Waals surface area contributed by atoms with Crippen molar-refractivity contribution < 1.29 is 23.5 Å². The summed E-state index contributed by atoms with van der Waals surface area (Å²) in [6.07, 6.45) is 4.58. The lowest BCUT2D eigenvalue weighted by atomic mass is 9.39. The standard InChI is InChI=1S/C19H18ClFN4O4/c1-28-12-5-22-17(23-6-12)24-16(27)18-8-19(9-18,10-18)25-15(26)7-29-11-2-3-13(20)14(21)4-11/h2-6H,7-10H2,1H3,(H,25,26)(H,22,23,24,27). The smallest absolute Gasteiger partial charge is 0.258 e. The lowest BCUT2D eigenvalue weighted by Gasteiger charge is -2.68. The topological polar surface area (TPSA) is 102 Å². The molecule has 3 saturated carbocycles. The molecule has 1 aromatic heterocycles. The van der Waals surface area contributed by atoms with E-state index in [0.29, 0.717) is 25.0 Å². The number of hydrogen-bond acceptors (Lipinski definition) is 6. The summed E-state index contributed by atoms with van der Waals surface area (Å²) in [6.45, 7) is -0.248. The molecule has 2 aromatic rings. The number of benzene rings is 1. The molecule has 1 heterocycles. The normalized spacial score (nSPS) is 24.0. The van der Waals surface area contributed by atoms with Crippen molar-refractivity contribution in [3.63, 3.8) is 0 Å². The van der Waals surface area contributed by atoms with Gasteiger partial charge in [-0.3, -0.25) is 14.9 Å². The largest absolute Gasteiger partial charge is 0.494 e. The van der Waals surface area contributed by atoms with Crippen molar-refractivity contribution in [2.75, 3.05) is 19.0 Å². The molecule has 29 heavy (non-hydrogen) atoms. The monoisotopic (exact) mass is 420 g/mol. The second-order valence-corrected chi connectivity index (χ2v) is 7.81. The van der Waals surface area contributed by atoms with E-state index >= 15 is 0 Å². The van der Waals surface area contributed by atoms with Crippen molar-refractivity contribution in [1.29, 1.82) is 0 Å². The lowest BCUT2D eigenvalue weighted by Crippen LogP contribution is -2.78. The Balaban J connectivity index is 1.24. The lowest BCUT2D eigenvalue weighted by molar-refractivity contribution is -0.179. The van der Waals surface area contributed by atoms with Crippen molar-refractivity contribution in [2.24, 2.45) is 5.41 Å². The molecule has 3 aliphatic rings. The molecule has 2 bridgehead atoms. The Kier molecular flexibility index (Phi) is 4.77. The van der Waals surface area contributed by atoms with Gasteiger partial charge in [-0.05, 0) is 31.4 Å². The minimum absolute atomic E-state index is 0.0146. The molecule has 0 radical (unpaired) electrons. The zero-order chi connectivity index (χ0) is 20.6. The third-order valence-corrected chi connectivity index (χ3v) is 5.57.